The average molecular weight is 447 g/mol. The summed E-state index contributed by atoms with van der Waals surface area (Å²) in [4.78, 5) is 20.4. The summed E-state index contributed by atoms with van der Waals surface area (Å²) in [6.45, 7) is 6.77. The molecule has 0 radical (unpaired) electrons. The number of benzene rings is 1. The molecule has 9 nitrogen and oxygen atoms in total. The number of hydrogen-bond donors (Lipinski definition) is 1. The Morgan fingerprint density at radius 1 is 1.18 bits per heavy atom. The fraction of sp³-hybridized carbons (Fsp3) is 0.375. The van der Waals surface area contributed by atoms with E-state index in [9.17, 15) is 4.79 Å². The molecule has 0 saturated carbocycles. The number of aromatic amines is 1. The van der Waals surface area contributed by atoms with Crippen LogP contribution in [0.3, 0.4) is 0 Å². The van der Waals surface area contributed by atoms with E-state index in [4.69, 9.17) is 19.0 Å². The molecule has 33 heavy (non-hydrogen) atoms. The summed E-state index contributed by atoms with van der Waals surface area (Å²) in [5.74, 6) is 2.78. The Morgan fingerprint density at radius 2 is 2.06 bits per heavy atom. The molecule has 6 rings (SSSR count). The van der Waals surface area contributed by atoms with Crippen LogP contribution in [0.4, 0.5) is 0 Å². The molecule has 1 atom stereocenters. The maximum absolute atomic E-state index is 13.2. The summed E-state index contributed by atoms with van der Waals surface area (Å²) in [7, 11) is 0. The first-order valence-corrected chi connectivity index (χ1v) is 11.2. The zero-order chi connectivity index (χ0) is 22.5. The van der Waals surface area contributed by atoms with Crippen molar-refractivity contribution in [3.05, 3.63) is 63.3 Å². The minimum atomic E-state index is -0.0467. The van der Waals surface area contributed by atoms with E-state index >= 15 is 0 Å². The lowest BCUT2D eigenvalue weighted by Gasteiger charge is -2.29. The molecule has 0 spiro atoms. The molecule has 2 aliphatic rings. The number of fused-ring (bicyclic) bond motifs is 3. The van der Waals surface area contributed by atoms with Gasteiger partial charge in [-0.1, -0.05) is 18.1 Å². The fourth-order valence-corrected chi connectivity index (χ4v) is 4.79. The SMILES string of the molecule is Cc1cc(-c2cc3nc4c(c(=O)n3[nH]2)CN(CC(C)Cc2ccc3c(c2)OCO3)CC4)no1. The molecule has 9 heteroatoms. The van der Waals surface area contributed by atoms with Crippen LogP contribution in [0.5, 0.6) is 11.5 Å². The Labute approximate surface area is 189 Å². The summed E-state index contributed by atoms with van der Waals surface area (Å²) in [5.41, 5.74) is 4.82. The highest BCUT2D eigenvalue weighted by Crippen LogP contribution is 2.33. The number of rotatable bonds is 5. The van der Waals surface area contributed by atoms with E-state index < -0.39 is 0 Å². The van der Waals surface area contributed by atoms with Crippen LogP contribution in [0.2, 0.25) is 0 Å². The molecule has 0 fully saturated rings. The van der Waals surface area contributed by atoms with Crippen molar-refractivity contribution in [3.8, 4) is 22.9 Å². The normalized spacial score (nSPS) is 16.3. The molecular weight excluding hydrogens is 422 g/mol. The highest BCUT2D eigenvalue weighted by Gasteiger charge is 2.24. The Morgan fingerprint density at radius 3 is 2.91 bits per heavy atom. The number of H-pyrrole nitrogens is 1. The van der Waals surface area contributed by atoms with Crippen LogP contribution in [0.15, 0.2) is 39.6 Å². The Hall–Kier alpha value is -3.59. The smallest absolute Gasteiger partial charge is 0.277 e. The van der Waals surface area contributed by atoms with Crippen molar-refractivity contribution in [1.82, 2.24) is 24.7 Å². The molecule has 1 N–H and O–H groups in total. The second kappa shape index (κ2) is 7.77. The molecule has 2 aliphatic heterocycles. The zero-order valence-corrected chi connectivity index (χ0v) is 18.6. The highest BCUT2D eigenvalue weighted by molar-refractivity contribution is 5.60. The minimum Gasteiger partial charge on any atom is -0.454 e. The van der Waals surface area contributed by atoms with Gasteiger partial charge in [-0.05, 0) is 37.0 Å². The van der Waals surface area contributed by atoms with E-state index in [1.54, 1.807) is 0 Å². The van der Waals surface area contributed by atoms with Crippen LogP contribution < -0.4 is 15.0 Å². The van der Waals surface area contributed by atoms with Crippen LogP contribution in [0.25, 0.3) is 17.0 Å². The first-order valence-electron chi connectivity index (χ1n) is 11.2. The summed E-state index contributed by atoms with van der Waals surface area (Å²) in [6, 6.07) is 9.82. The molecule has 0 saturated heterocycles. The predicted molar refractivity (Wildman–Crippen MR) is 120 cm³/mol. The second-order valence-corrected chi connectivity index (χ2v) is 9.01. The minimum absolute atomic E-state index is 0.0467. The van der Waals surface area contributed by atoms with Crippen molar-refractivity contribution in [2.45, 2.75) is 33.2 Å². The largest absolute Gasteiger partial charge is 0.454 e. The lowest BCUT2D eigenvalue weighted by atomic mass is 9.98. The van der Waals surface area contributed by atoms with Gasteiger partial charge < -0.3 is 14.0 Å². The summed E-state index contributed by atoms with van der Waals surface area (Å²) < 4.78 is 17.6. The number of ether oxygens (including phenoxy) is 2. The van der Waals surface area contributed by atoms with Gasteiger partial charge in [0.1, 0.15) is 11.5 Å². The van der Waals surface area contributed by atoms with Crippen LogP contribution in [-0.2, 0) is 19.4 Å². The number of hydrogen-bond acceptors (Lipinski definition) is 7. The molecule has 4 aromatic rings. The third-order valence-corrected chi connectivity index (χ3v) is 6.34. The Kier molecular flexibility index (Phi) is 4.72. The zero-order valence-electron chi connectivity index (χ0n) is 18.6. The van der Waals surface area contributed by atoms with Gasteiger partial charge in [-0.2, -0.15) is 0 Å². The number of nitrogens with zero attached hydrogens (tertiary/aromatic N) is 4. The summed E-state index contributed by atoms with van der Waals surface area (Å²) in [5, 5.41) is 7.17. The second-order valence-electron chi connectivity index (χ2n) is 9.01. The van der Waals surface area contributed by atoms with Gasteiger partial charge in [0.15, 0.2) is 17.1 Å². The third kappa shape index (κ3) is 3.68. The third-order valence-electron chi connectivity index (χ3n) is 6.34. The predicted octanol–water partition coefficient (Wildman–Crippen LogP) is 2.95. The van der Waals surface area contributed by atoms with E-state index in [0.717, 1.165) is 48.7 Å². The maximum atomic E-state index is 13.2. The van der Waals surface area contributed by atoms with E-state index in [2.05, 4.69) is 34.2 Å². The lowest BCUT2D eigenvalue weighted by molar-refractivity contribution is 0.174. The van der Waals surface area contributed by atoms with E-state index in [1.165, 1.54) is 10.1 Å². The molecule has 1 aromatic carbocycles. The fourth-order valence-electron chi connectivity index (χ4n) is 4.79. The molecule has 0 aliphatic carbocycles. The monoisotopic (exact) mass is 447 g/mol. The topological polar surface area (TPSA) is 97.9 Å². The molecule has 5 heterocycles. The Bertz CT molecular complexity index is 1400. The molecule has 3 aromatic heterocycles. The van der Waals surface area contributed by atoms with Crippen molar-refractivity contribution in [2.24, 2.45) is 5.92 Å². The van der Waals surface area contributed by atoms with Gasteiger partial charge in [-0.15, -0.1) is 0 Å². The average Bonchev–Trinajstić information content (AvgIpc) is 3.53. The van der Waals surface area contributed by atoms with Crippen LogP contribution in [-0.4, -0.2) is 44.5 Å². The van der Waals surface area contributed by atoms with Crippen LogP contribution >= 0.6 is 0 Å². The number of aromatic nitrogens is 4. The molecular formula is C24H25N5O4. The van der Waals surface area contributed by atoms with Crippen molar-refractivity contribution in [1.29, 1.82) is 0 Å². The summed E-state index contributed by atoms with van der Waals surface area (Å²) in [6.07, 6.45) is 1.70. The van der Waals surface area contributed by atoms with Gasteiger partial charge in [0.05, 0.1) is 17.0 Å². The maximum Gasteiger partial charge on any atom is 0.277 e. The molecule has 170 valence electrons. The van der Waals surface area contributed by atoms with Gasteiger partial charge in [0, 0.05) is 38.2 Å². The van der Waals surface area contributed by atoms with Gasteiger partial charge >= 0.3 is 0 Å². The highest BCUT2D eigenvalue weighted by atomic mass is 16.7. The van der Waals surface area contributed by atoms with Gasteiger partial charge in [-0.25, -0.2) is 9.50 Å². The Balaban J connectivity index is 1.19. The van der Waals surface area contributed by atoms with Gasteiger partial charge in [0.25, 0.3) is 5.56 Å². The molecule has 0 bridgehead atoms. The standard InChI is InChI=1S/C24H25N5O4/c1-14(7-16-3-4-21-22(9-16)32-13-31-21)11-28-6-5-18-17(12-28)24(30)29-23(25-18)10-19(26-29)20-8-15(2)33-27-20/h3-4,8-10,14,26H,5-7,11-13H2,1-2H3. The quantitative estimate of drug-likeness (QED) is 0.502. The van der Waals surface area contributed by atoms with E-state index in [-0.39, 0.29) is 5.56 Å². The van der Waals surface area contributed by atoms with Crippen molar-refractivity contribution >= 4 is 5.65 Å². The van der Waals surface area contributed by atoms with Crippen LogP contribution in [0.1, 0.15) is 29.5 Å². The number of aryl methyl sites for hydroxylation is 1. The van der Waals surface area contributed by atoms with Gasteiger partial charge in [-0.3, -0.25) is 14.8 Å². The van der Waals surface area contributed by atoms with Crippen molar-refractivity contribution in [2.75, 3.05) is 19.9 Å². The van der Waals surface area contributed by atoms with Crippen molar-refractivity contribution in [3.63, 3.8) is 0 Å². The van der Waals surface area contributed by atoms with Gasteiger partial charge in [0.2, 0.25) is 6.79 Å². The number of nitrogens with one attached hydrogen (secondary N) is 1. The molecule has 1 unspecified atom stereocenters. The van der Waals surface area contributed by atoms with E-state index in [1.807, 2.05) is 25.1 Å². The molecule has 0 amide bonds. The first-order chi connectivity index (χ1) is 16.0. The first kappa shape index (κ1) is 20.0. The summed E-state index contributed by atoms with van der Waals surface area (Å²) >= 11 is 0. The van der Waals surface area contributed by atoms with Crippen LogP contribution in [0, 0.1) is 12.8 Å². The van der Waals surface area contributed by atoms with E-state index in [0.29, 0.717) is 42.1 Å². The van der Waals surface area contributed by atoms with Crippen molar-refractivity contribution < 1.29 is 14.0 Å². The lowest BCUT2D eigenvalue weighted by Crippen LogP contribution is -2.39.